The number of benzene rings is 2. The minimum atomic E-state index is -0.180. The second-order valence-corrected chi connectivity index (χ2v) is 8.01. The zero-order chi connectivity index (χ0) is 18.6. The predicted molar refractivity (Wildman–Crippen MR) is 111 cm³/mol. The Morgan fingerprint density at radius 2 is 1.88 bits per heavy atom. The zero-order valence-corrected chi connectivity index (χ0v) is 18.1. The third-order valence-corrected chi connectivity index (χ3v) is 5.50. The van der Waals surface area contributed by atoms with Crippen molar-refractivity contribution in [3.05, 3.63) is 56.0 Å². The van der Waals surface area contributed by atoms with Crippen molar-refractivity contribution in [3.8, 4) is 5.75 Å². The molecule has 5 heteroatoms. The molecule has 0 spiro atoms. The summed E-state index contributed by atoms with van der Waals surface area (Å²) in [5.74, 6) is 0.886. The van der Waals surface area contributed by atoms with Crippen LogP contribution >= 0.6 is 31.9 Å². The summed E-state index contributed by atoms with van der Waals surface area (Å²) in [4.78, 5) is 12.3. The first-order chi connectivity index (χ1) is 11.8. The van der Waals surface area contributed by atoms with Gasteiger partial charge < -0.3 is 10.1 Å². The molecule has 0 radical (unpaired) electrons. The van der Waals surface area contributed by atoms with Crippen molar-refractivity contribution in [3.63, 3.8) is 0 Å². The van der Waals surface area contributed by atoms with Crippen LogP contribution in [0.2, 0.25) is 0 Å². The van der Waals surface area contributed by atoms with E-state index in [0.717, 1.165) is 37.9 Å². The molecule has 2 aromatic carbocycles. The molecule has 2 rings (SSSR count). The van der Waals surface area contributed by atoms with Gasteiger partial charge in [-0.05, 0) is 76.1 Å². The minimum Gasteiger partial charge on any atom is -0.483 e. The van der Waals surface area contributed by atoms with E-state index < -0.39 is 0 Å². The minimum absolute atomic E-state index is 0.0250. The summed E-state index contributed by atoms with van der Waals surface area (Å²) < 4.78 is 7.73. The Bertz CT molecular complexity index is 773. The molecule has 0 unspecified atom stereocenters. The number of ether oxygens (including phenoxy) is 1. The number of aryl methyl sites for hydroxylation is 2. The summed E-state index contributed by atoms with van der Waals surface area (Å²) in [5.41, 5.74) is 4.13. The molecule has 1 N–H and O–H groups in total. The molecule has 0 fully saturated rings. The summed E-state index contributed by atoms with van der Waals surface area (Å²) in [7, 11) is 0. The summed E-state index contributed by atoms with van der Waals surface area (Å²) in [6.07, 6.45) is 0.955. The molecule has 0 aliphatic carbocycles. The molecule has 0 aliphatic heterocycles. The molecule has 0 saturated heterocycles. The highest BCUT2D eigenvalue weighted by Gasteiger charge is 2.13. The van der Waals surface area contributed by atoms with Crippen molar-refractivity contribution in [1.29, 1.82) is 0 Å². The van der Waals surface area contributed by atoms with Crippen LogP contribution in [-0.2, 0) is 11.2 Å². The molecule has 0 saturated carbocycles. The molecule has 2 aromatic rings. The molecule has 134 valence electrons. The Morgan fingerprint density at radius 1 is 1.16 bits per heavy atom. The van der Waals surface area contributed by atoms with Crippen LogP contribution in [0, 0.1) is 6.92 Å². The maximum absolute atomic E-state index is 12.3. The zero-order valence-electron chi connectivity index (χ0n) is 15.0. The Labute approximate surface area is 166 Å². The van der Waals surface area contributed by atoms with E-state index in [4.69, 9.17) is 4.74 Å². The predicted octanol–water partition coefficient (Wildman–Crippen LogP) is 6.22. The molecule has 3 nitrogen and oxygen atoms in total. The maximum Gasteiger partial charge on any atom is 0.262 e. The van der Waals surface area contributed by atoms with Gasteiger partial charge in [-0.2, -0.15) is 0 Å². The summed E-state index contributed by atoms with van der Waals surface area (Å²) in [5, 5.41) is 2.89. The largest absolute Gasteiger partial charge is 0.483 e. The van der Waals surface area contributed by atoms with Gasteiger partial charge in [0.05, 0.1) is 5.69 Å². The number of carbonyl (C=O) groups is 1. The van der Waals surface area contributed by atoms with Gasteiger partial charge in [0.1, 0.15) is 5.75 Å². The van der Waals surface area contributed by atoms with Crippen molar-refractivity contribution < 1.29 is 9.53 Å². The standard InChI is InChI=1S/C20H23Br2NO2/c1-5-14-6-7-18(17(22)9-14)23-20(24)11-25-19-8-13(4)16(21)10-15(19)12(2)3/h6-10,12H,5,11H2,1-4H3,(H,23,24). The maximum atomic E-state index is 12.3. The number of nitrogens with one attached hydrogen (secondary N) is 1. The van der Waals surface area contributed by atoms with Crippen molar-refractivity contribution >= 4 is 43.5 Å². The fourth-order valence-corrected chi connectivity index (χ4v) is 3.34. The van der Waals surface area contributed by atoms with Crippen molar-refractivity contribution in [2.75, 3.05) is 11.9 Å². The van der Waals surface area contributed by atoms with Gasteiger partial charge in [0.2, 0.25) is 0 Å². The summed E-state index contributed by atoms with van der Waals surface area (Å²) in [6, 6.07) is 9.97. The lowest BCUT2D eigenvalue weighted by atomic mass is 10.0. The first-order valence-corrected chi connectivity index (χ1v) is 9.91. The van der Waals surface area contributed by atoms with Gasteiger partial charge in [0, 0.05) is 8.95 Å². The number of anilines is 1. The van der Waals surface area contributed by atoms with E-state index in [1.54, 1.807) is 0 Å². The molecule has 0 aromatic heterocycles. The van der Waals surface area contributed by atoms with E-state index >= 15 is 0 Å². The number of hydrogen-bond acceptors (Lipinski definition) is 2. The Kier molecular flexibility index (Phi) is 7.08. The average Bonchev–Trinajstić information content (AvgIpc) is 2.57. The van der Waals surface area contributed by atoms with Crippen LogP contribution in [0.5, 0.6) is 5.75 Å². The summed E-state index contributed by atoms with van der Waals surface area (Å²) >= 11 is 7.05. The van der Waals surface area contributed by atoms with Crippen LogP contribution in [0.3, 0.4) is 0 Å². The average molecular weight is 469 g/mol. The topological polar surface area (TPSA) is 38.3 Å². The van der Waals surface area contributed by atoms with E-state index in [-0.39, 0.29) is 12.5 Å². The van der Waals surface area contributed by atoms with Crippen molar-refractivity contribution in [2.24, 2.45) is 0 Å². The quantitative estimate of drug-likeness (QED) is 0.546. The third-order valence-electron chi connectivity index (χ3n) is 3.99. The van der Waals surface area contributed by atoms with Gasteiger partial charge in [0.15, 0.2) is 6.61 Å². The highest BCUT2D eigenvalue weighted by Crippen LogP contribution is 2.32. The monoisotopic (exact) mass is 467 g/mol. The van der Waals surface area contributed by atoms with Gasteiger partial charge in [-0.3, -0.25) is 4.79 Å². The summed E-state index contributed by atoms with van der Waals surface area (Å²) in [6.45, 7) is 8.30. The van der Waals surface area contributed by atoms with E-state index in [1.807, 2.05) is 31.2 Å². The SMILES string of the molecule is CCc1ccc(NC(=O)COc2cc(C)c(Br)cc2C(C)C)c(Br)c1. The van der Waals surface area contributed by atoms with Gasteiger partial charge in [-0.15, -0.1) is 0 Å². The lowest BCUT2D eigenvalue weighted by Gasteiger charge is -2.16. The van der Waals surface area contributed by atoms with E-state index in [2.05, 4.69) is 64.0 Å². The smallest absolute Gasteiger partial charge is 0.262 e. The highest BCUT2D eigenvalue weighted by molar-refractivity contribution is 9.10. The molecule has 0 heterocycles. The number of carbonyl (C=O) groups excluding carboxylic acids is 1. The Hall–Kier alpha value is -1.33. The molecular weight excluding hydrogens is 446 g/mol. The van der Waals surface area contributed by atoms with Crippen molar-refractivity contribution in [2.45, 2.75) is 40.0 Å². The van der Waals surface area contributed by atoms with E-state index in [1.165, 1.54) is 5.56 Å². The van der Waals surface area contributed by atoms with Crippen LogP contribution < -0.4 is 10.1 Å². The number of halogens is 2. The molecule has 0 bridgehead atoms. The fraction of sp³-hybridized carbons (Fsp3) is 0.350. The fourth-order valence-electron chi connectivity index (χ4n) is 2.46. The number of rotatable bonds is 6. The second kappa shape index (κ2) is 8.86. The van der Waals surface area contributed by atoms with Crippen LogP contribution in [-0.4, -0.2) is 12.5 Å². The molecule has 1 amide bonds. The van der Waals surface area contributed by atoms with E-state index in [9.17, 15) is 4.79 Å². The Balaban J connectivity index is 2.06. The Morgan fingerprint density at radius 3 is 2.48 bits per heavy atom. The van der Waals surface area contributed by atoms with Crippen LogP contribution in [0.4, 0.5) is 5.69 Å². The number of amides is 1. The molecule has 0 aliphatic rings. The van der Waals surface area contributed by atoms with Gasteiger partial charge >= 0.3 is 0 Å². The van der Waals surface area contributed by atoms with Gasteiger partial charge in [-0.25, -0.2) is 0 Å². The van der Waals surface area contributed by atoms with Crippen molar-refractivity contribution in [1.82, 2.24) is 0 Å². The van der Waals surface area contributed by atoms with Gasteiger partial charge in [-0.1, -0.05) is 42.8 Å². The highest BCUT2D eigenvalue weighted by atomic mass is 79.9. The lowest BCUT2D eigenvalue weighted by molar-refractivity contribution is -0.118. The first kappa shape index (κ1) is 20.0. The van der Waals surface area contributed by atoms with Crippen LogP contribution in [0.15, 0.2) is 39.3 Å². The number of hydrogen-bond donors (Lipinski definition) is 1. The molecular formula is C20H23Br2NO2. The van der Waals surface area contributed by atoms with Gasteiger partial charge in [0.25, 0.3) is 5.91 Å². The third kappa shape index (κ3) is 5.32. The first-order valence-electron chi connectivity index (χ1n) is 8.33. The molecule has 0 atom stereocenters. The van der Waals surface area contributed by atoms with Crippen LogP contribution in [0.1, 0.15) is 43.4 Å². The molecule has 25 heavy (non-hydrogen) atoms. The van der Waals surface area contributed by atoms with Crippen LogP contribution in [0.25, 0.3) is 0 Å². The van der Waals surface area contributed by atoms with E-state index in [0.29, 0.717) is 5.92 Å². The lowest BCUT2D eigenvalue weighted by Crippen LogP contribution is -2.21. The second-order valence-electron chi connectivity index (χ2n) is 6.30. The normalized spacial score (nSPS) is 10.8.